The lowest BCUT2D eigenvalue weighted by molar-refractivity contribution is -0.118. The zero-order valence-corrected chi connectivity index (χ0v) is 8.16. The molecule has 2 amide bonds. The van der Waals surface area contributed by atoms with Gasteiger partial charge >= 0.3 is 0 Å². The summed E-state index contributed by atoms with van der Waals surface area (Å²) in [5.74, 6) is 0.255. The van der Waals surface area contributed by atoms with E-state index in [1.807, 2.05) is 0 Å². The van der Waals surface area contributed by atoms with Crippen LogP contribution in [0.3, 0.4) is 0 Å². The van der Waals surface area contributed by atoms with Gasteiger partial charge in [0, 0.05) is 18.7 Å². The van der Waals surface area contributed by atoms with Gasteiger partial charge in [0.2, 0.25) is 5.91 Å². The van der Waals surface area contributed by atoms with Crippen molar-refractivity contribution in [3.63, 3.8) is 0 Å². The first-order chi connectivity index (χ1) is 7.15. The van der Waals surface area contributed by atoms with Gasteiger partial charge < -0.3 is 15.4 Å². The summed E-state index contributed by atoms with van der Waals surface area (Å²) in [7, 11) is 0. The number of amides is 2. The molecular weight excluding hydrogens is 196 g/mol. The normalized spacial score (nSPS) is 13.5. The van der Waals surface area contributed by atoms with Gasteiger partial charge in [-0.1, -0.05) is 0 Å². The molecule has 0 radical (unpaired) electrons. The third kappa shape index (κ3) is 2.07. The topological polar surface area (TPSA) is 67.4 Å². The van der Waals surface area contributed by atoms with Crippen molar-refractivity contribution in [2.45, 2.75) is 6.92 Å². The highest BCUT2D eigenvalue weighted by Crippen LogP contribution is 2.30. The van der Waals surface area contributed by atoms with Crippen LogP contribution in [-0.4, -0.2) is 18.4 Å². The van der Waals surface area contributed by atoms with E-state index in [4.69, 9.17) is 4.74 Å². The maximum absolute atomic E-state index is 11.0. The van der Waals surface area contributed by atoms with Gasteiger partial charge in [0.15, 0.2) is 6.61 Å². The highest BCUT2D eigenvalue weighted by atomic mass is 16.5. The molecular formula is C10H10N2O3. The van der Waals surface area contributed by atoms with Gasteiger partial charge in [0.25, 0.3) is 5.91 Å². The molecule has 0 unspecified atom stereocenters. The summed E-state index contributed by atoms with van der Waals surface area (Å²) in [5.41, 5.74) is 1.28. The van der Waals surface area contributed by atoms with Crippen molar-refractivity contribution in [2.75, 3.05) is 17.2 Å². The van der Waals surface area contributed by atoms with Crippen LogP contribution in [0.5, 0.6) is 5.75 Å². The van der Waals surface area contributed by atoms with Crippen molar-refractivity contribution in [2.24, 2.45) is 0 Å². The van der Waals surface area contributed by atoms with E-state index in [2.05, 4.69) is 10.6 Å². The molecule has 0 atom stereocenters. The van der Waals surface area contributed by atoms with Crippen LogP contribution in [0.2, 0.25) is 0 Å². The molecule has 15 heavy (non-hydrogen) atoms. The quantitative estimate of drug-likeness (QED) is 0.719. The summed E-state index contributed by atoms with van der Waals surface area (Å²) >= 11 is 0. The van der Waals surface area contributed by atoms with E-state index in [9.17, 15) is 9.59 Å². The van der Waals surface area contributed by atoms with Gasteiger partial charge in [-0.05, 0) is 12.1 Å². The van der Waals surface area contributed by atoms with Crippen LogP contribution in [0.1, 0.15) is 6.92 Å². The van der Waals surface area contributed by atoms with E-state index in [1.54, 1.807) is 18.2 Å². The molecule has 0 fully saturated rings. The van der Waals surface area contributed by atoms with Gasteiger partial charge in [-0.3, -0.25) is 9.59 Å². The number of hydrogen-bond acceptors (Lipinski definition) is 3. The zero-order valence-electron chi connectivity index (χ0n) is 8.16. The number of benzene rings is 1. The number of carbonyl (C=O) groups is 2. The maximum Gasteiger partial charge on any atom is 0.262 e. The molecule has 0 aromatic heterocycles. The summed E-state index contributed by atoms with van der Waals surface area (Å²) in [5, 5.41) is 5.30. The van der Waals surface area contributed by atoms with Gasteiger partial charge in [-0.2, -0.15) is 0 Å². The Morgan fingerprint density at radius 1 is 1.53 bits per heavy atom. The number of anilines is 2. The molecule has 1 heterocycles. The SMILES string of the molecule is CC(=O)Nc1ccc2c(c1)OCC(=O)N2. The molecule has 5 heteroatoms. The summed E-state index contributed by atoms with van der Waals surface area (Å²) < 4.78 is 5.19. The summed E-state index contributed by atoms with van der Waals surface area (Å²) in [4.78, 5) is 21.8. The third-order valence-electron chi connectivity index (χ3n) is 1.93. The van der Waals surface area contributed by atoms with Crippen LogP contribution >= 0.6 is 0 Å². The number of nitrogens with one attached hydrogen (secondary N) is 2. The van der Waals surface area contributed by atoms with Crippen molar-refractivity contribution in [1.29, 1.82) is 0 Å². The molecule has 0 bridgehead atoms. The number of ether oxygens (including phenoxy) is 1. The molecule has 0 spiro atoms. The molecule has 5 nitrogen and oxygen atoms in total. The molecule has 0 saturated heterocycles. The Bertz CT molecular complexity index is 429. The van der Waals surface area contributed by atoms with Crippen molar-refractivity contribution in [3.8, 4) is 5.75 Å². The predicted molar refractivity (Wildman–Crippen MR) is 54.9 cm³/mol. The number of hydrogen-bond donors (Lipinski definition) is 2. The molecule has 78 valence electrons. The molecule has 0 saturated carbocycles. The van der Waals surface area contributed by atoms with Crippen LogP contribution in [0.15, 0.2) is 18.2 Å². The second-order valence-electron chi connectivity index (χ2n) is 3.23. The molecule has 2 rings (SSSR count). The molecule has 1 aromatic rings. The first kappa shape index (κ1) is 9.51. The first-order valence-corrected chi connectivity index (χ1v) is 4.49. The first-order valence-electron chi connectivity index (χ1n) is 4.49. The van der Waals surface area contributed by atoms with Gasteiger partial charge in [0.05, 0.1) is 5.69 Å². The van der Waals surface area contributed by atoms with Crippen LogP contribution < -0.4 is 15.4 Å². The fourth-order valence-corrected chi connectivity index (χ4v) is 1.36. The minimum Gasteiger partial charge on any atom is -0.482 e. The Morgan fingerprint density at radius 2 is 2.33 bits per heavy atom. The Kier molecular flexibility index (Phi) is 2.29. The highest BCUT2D eigenvalue weighted by molar-refractivity contribution is 5.96. The Morgan fingerprint density at radius 3 is 3.07 bits per heavy atom. The fraction of sp³-hybridized carbons (Fsp3) is 0.200. The number of carbonyl (C=O) groups excluding carboxylic acids is 2. The maximum atomic E-state index is 11.0. The van der Waals surface area contributed by atoms with Crippen molar-refractivity contribution < 1.29 is 14.3 Å². The minimum atomic E-state index is -0.172. The standard InChI is InChI=1S/C10H10N2O3/c1-6(13)11-7-2-3-8-9(4-7)15-5-10(14)12-8/h2-4H,5H2,1H3,(H,11,13)(H,12,14). The van der Waals surface area contributed by atoms with Crippen molar-refractivity contribution >= 4 is 23.2 Å². The minimum absolute atomic E-state index is 0.0104. The van der Waals surface area contributed by atoms with E-state index in [-0.39, 0.29) is 18.4 Å². The second-order valence-corrected chi connectivity index (χ2v) is 3.23. The highest BCUT2D eigenvalue weighted by Gasteiger charge is 2.15. The lowest BCUT2D eigenvalue weighted by Gasteiger charge is -2.18. The Balaban J connectivity index is 2.26. The smallest absolute Gasteiger partial charge is 0.262 e. The van der Waals surface area contributed by atoms with E-state index < -0.39 is 0 Å². The molecule has 0 aliphatic carbocycles. The van der Waals surface area contributed by atoms with E-state index in [1.165, 1.54) is 6.92 Å². The van der Waals surface area contributed by atoms with Crippen molar-refractivity contribution in [3.05, 3.63) is 18.2 Å². The zero-order chi connectivity index (χ0) is 10.8. The van der Waals surface area contributed by atoms with Gasteiger partial charge in [-0.25, -0.2) is 0 Å². The van der Waals surface area contributed by atoms with E-state index in [0.717, 1.165) is 0 Å². The lowest BCUT2D eigenvalue weighted by atomic mass is 10.2. The number of rotatable bonds is 1. The van der Waals surface area contributed by atoms with Crippen LogP contribution in [-0.2, 0) is 9.59 Å². The monoisotopic (exact) mass is 206 g/mol. The molecule has 1 aromatic carbocycles. The lowest BCUT2D eigenvalue weighted by Crippen LogP contribution is -2.25. The largest absolute Gasteiger partial charge is 0.482 e. The summed E-state index contributed by atoms with van der Waals surface area (Å²) in [6, 6.07) is 5.07. The predicted octanol–water partition coefficient (Wildman–Crippen LogP) is 0.976. The average molecular weight is 206 g/mol. The molecule has 2 N–H and O–H groups in total. The number of fused-ring (bicyclic) bond motifs is 1. The Labute approximate surface area is 86.4 Å². The van der Waals surface area contributed by atoms with E-state index >= 15 is 0 Å². The molecule has 1 aliphatic heterocycles. The third-order valence-corrected chi connectivity index (χ3v) is 1.93. The van der Waals surface area contributed by atoms with Gasteiger partial charge in [0.1, 0.15) is 5.75 Å². The second kappa shape index (κ2) is 3.61. The van der Waals surface area contributed by atoms with Gasteiger partial charge in [-0.15, -0.1) is 0 Å². The van der Waals surface area contributed by atoms with Crippen LogP contribution in [0.4, 0.5) is 11.4 Å². The fourth-order valence-electron chi connectivity index (χ4n) is 1.36. The average Bonchev–Trinajstić information content (AvgIpc) is 2.17. The molecule has 1 aliphatic rings. The van der Waals surface area contributed by atoms with E-state index in [0.29, 0.717) is 17.1 Å². The Hall–Kier alpha value is -2.04. The van der Waals surface area contributed by atoms with Crippen LogP contribution in [0, 0.1) is 0 Å². The summed E-state index contributed by atoms with van der Waals surface area (Å²) in [6.45, 7) is 1.44. The van der Waals surface area contributed by atoms with Crippen LogP contribution in [0.25, 0.3) is 0 Å². The van der Waals surface area contributed by atoms with Crippen molar-refractivity contribution in [1.82, 2.24) is 0 Å². The summed E-state index contributed by atoms with van der Waals surface area (Å²) in [6.07, 6.45) is 0.